The summed E-state index contributed by atoms with van der Waals surface area (Å²) >= 11 is 0. The number of carbonyl (C=O) groups excluding carboxylic acids is 3. The number of rotatable bonds is 5. The average molecular weight is 449 g/mol. The molecule has 1 aliphatic carbocycles. The Morgan fingerprint density at radius 1 is 1.13 bits per heavy atom. The van der Waals surface area contributed by atoms with E-state index in [0.717, 1.165) is 17.7 Å². The maximum Gasteiger partial charge on any atom is 0.325 e. The van der Waals surface area contributed by atoms with Crippen LogP contribution in [0.2, 0.25) is 0 Å². The highest BCUT2D eigenvalue weighted by atomic mass is 32.2. The van der Waals surface area contributed by atoms with Gasteiger partial charge in [-0.2, -0.15) is 0 Å². The van der Waals surface area contributed by atoms with E-state index in [1.807, 2.05) is 0 Å². The molecule has 0 aromatic heterocycles. The lowest BCUT2D eigenvalue weighted by Gasteiger charge is -2.35. The summed E-state index contributed by atoms with van der Waals surface area (Å²) in [6.07, 6.45) is 3.93. The molecule has 4 rings (SSSR count). The van der Waals surface area contributed by atoms with Crippen molar-refractivity contribution in [2.75, 3.05) is 13.1 Å². The van der Waals surface area contributed by atoms with E-state index in [4.69, 9.17) is 0 Å². The topological polar surface area (TPSA) is 116 Å². The number of likely N-dealkylation sites (tertiary alicyclic amines) is 1. The summed E-state index contributed by atoms with van der Waals surface area (Å²) in [7, 11) is -3.61. The minimum Gasteiger partial charge on any atom is -0.341 e. The Morgan fingerprint density at radius 2 is 1.74 bits per heavy atom. The fraction of sp³-hybridized carbons (Fsp3) is 0.571. The van der Waals surface area contributed by atoms with Crippen molar-refractivity contribution in [3.05, 3.63) is 30.3 Å². The highest BCUT2D eigenvalue weighted by molar-refractivity contribution is 7.89. The predicted molar refractivity (Wildman–Crippen MR) is 112 cm³/mol. The molecule has 0 bridgehead atoms. The summed E-state index contributed by atoms with van der Waals surface area (Å²) in [4.78, 5) is 41.3. The molecule has 1 atom stereocenters. The summed E-state index contributed by atoms with van der Waals surface area (Å²) < 4.78 is 27.7. The van der Waals surface area contributed by atoms with E-state index < -0.39 is 27.6 Å². The molecular weight excluding hydrogens is 420 g/mol. The maximum absolute atomic E-state index is 13.0. The normalized spacial score (nSPS) is 22.7. The van der Waals surface area contributed by atoms with E-state index in [0.29, 0.717) is 38.8 Å². The smallest absolute Gasteiger partial charge is 0.325 e. The molecule has 9 nitrogen and oxygen atoms in total. The first-order valence-corrected chi connectivity index (χ1v) is 12.2. The number of imide groups is 1. The quantitative estimate of drug-likeness (QED) is 0.657. The first-order chi connectivity index (χ1) is 14.7. The molecule has 1 aromatic rings. The van der Waals surface area contributed by atoms with Crippen LogP contribution in [0.3, 0.4) is 0 Å². The van der Waals surface area contributed by atoms with Crippen LogP contribution in [0.15, 0.2) is 35.2 Å². The van der Waals surface area contributed by atoms with Gasteiger partial charge in [-0.25, -0.2) is 22.8 Å². The minimum atomic E-state index is -3.61. The SMILES string of the molecule is CC(C(=O)N1CCC(NS(=O)(=O)c2ccccc2)CC1)N1C(=O)NC2(CCCC2)C1=O. The third-order valence-corrected chi connectivity index (χ3v) is 8.11. The van der Waals surface area contributed by atoms with Crippen LogP contribution in [0.25, 0.3) is 0 Å². The van der Waals surface area contributed by atoms with Gasteiger partial charge >= 0.3 is 6.03 Å². The van der Waals surface area contributed by atoms with Gasteiger partial charge in [0.2, 0.25) is 15.9 Å². The third-order valence-electron chi connectivity index (χ3n) is 6.58. The standard InChI is InChI=1S/C21H28N4O5S/c1-15(25-19(27)21(22-20(25)28)11-5-6-12-21)18(26)24-13-9-16(10-14-24)23-31(29,30)17-7-3-2-4-8-17/h2-4,7-8,15-16,23H,5-6,9-14H2,1H3,(H,22,28). The Labute approximate surface area is 182 Å². The van der Waals surface area contributed by atoms with Gasteiger partial charge in [0.1, 0.15) is 11.6 Å². The van der Waals surface area contributed by atoms with E-state index in [1.165, 1.54) is 12.1 Å². The molecule has 2 saturated heterocycles. The molecule has 1 unspecified atom stereocenters. The van der Waals surface area contributed by atoms with Crippen molar-refractivity contribution >= 4 is 27.9 Å². The van der Waals surface area contributed by atoms with Crippen LogP contribution in [0, 0.1) is 0 Å². The van der Waals surface area contributed by atoms with Crippen molar-refractivity contribution < 1.29 is 22.8 Å². The summed E-state index contributed by atoms with van der Waals surface area (Å²) in [6, 6.07) is 6.51. The molecule has 1 aromatic carbocycles. The molecule has 31 heavy (non-hydrogen) atoms. The monoisotopic (exact) mass is 448 g/mol. The molecule has 1 saturated carbocycles. The minimum absolute atomic E-state index is 0.210. The lowest BCUT2D eigenvalue weighted by atomic mass is 9.97. The van der Waals surface area contributed by atoms with Crippen LogP contribution >= 0.6 is 0 Å². The molecule has 10 heteroatoms. The Hall–Kier alpha value is -2.46. The van der Waals surface area contributed by atoms with Gasteiger partial charge in [0.25, 0.3) is 5.91 Å². The van der Waals surface area contributed by atoms with Crippen LogP contribution in [0.1, 0.15) is 45.4 Å². The lowest BCUT2D eigenvalue weighted by Crippen LogP contribution is -2.54. The molecule has 2 heterocycles. The van der Waals surface area contributed by atoms with Gasteiger partial charge in [-0.05, 0) is 44.7 Å². The second-order valence-corrected chi connectivity index (χ2v) is 10.3. The van der Waals surface area contributed by atoms with Crippen molar-refractivity contribution in [1.29, 1.82) is 0 Å². The molecule has 2 aliphatic heterocycles. The van der Waals surface area contributed by atoms with Gasteiger partial charge in [-0.3, -0.25) is 9.59 Å². The highest BCUT2D eigenvalue weighted by Crippen LogP contribution is 2.36. The zero-order valence-electron chi connectivity index (χ0n) is 17.5. The second-order valence-electron chi connectivity index (χ2n) is 8.60. The van der Waals surface area contributed by atoms with Crippen LogP contribution in [-0.4, -0.2) is 66.8 Å². The van der Waals surface area contributed by atoms with Crippen molar-refractivity contribution in [1.82, 2.24) is 19.8 Å². The van der Waals surface area contributed by atoms with Crippen molar-refractivity contribution in [3.8, 4) is 0 Å². The van der Waals surface area contributed by atoms with Crippen molar-refractivity contribution in [2.45, 2.75) is 68.0 Å². The zero-order chi connectivity index (χ0) is 22.2. The molecule has 3 fully saturated rings. The predicted octanol–water partition coefficient (Wildman–Crippen LogP) is 1.21. The number of carbonyl (C=O) groups is 3. The fourth-order valence-corrected chi connectivity index (χ4v) is 6.12. The van der Waals surface area contributed by atoms with Gasteiger partial charge in [-0.15, -0.1) is 0 Å². The fourth-order valence-electron chi connectivity index (χ4n) is 4.79. The Bertz CT molecular complexity index is 967. The zero-order valence-corrected chi connectivity index (χ0v) is 18.4. The molecule has 0 radical (unpaired) electrons. The van der Waals surface area contributed by atoms with Gasteiger partial charge in [-0.1, -0.05) is 31.0 Å². The van der Waals surface area contributed by atoms with Crippen LogP contribution in [0.5, 0.6) is 0 Å². The van der Waals surface area contributed by atoms with Crippen LogP contribution < -0.4 is 10.0 Å². The number of amides is 4. The van der Waals surface area contributed by atoms with E-state index in [2.05, 4.69) is 10.0 Å². The highest BCUT2D eigenvalue weighted by Gasteiger charge is 2.54. The van der Waals surface area contributed by atoms with E-state index >= 15 is 0 Å². The maximum atomic E-state index is 13.0. The Morgan fingerprint density at radius 3 is 2.35 bits per heavy atom. The molecule has 3 aliphatic rings. The Kier molecular flexibility index (Phi) is 5.78. The van der Waals surface area contributed by atoms with Crippen LogP contribution in [0.4, 0.5) is 4.79 Å². The van der Waals surface area contributed by atoms with Gasteiger partial charge in [0.15, 0.2) is 0 Å². The number of piperidine rings is 1. The number of nitrogens with one attached hydrogen (secondary N) is 2. The largest absolute Gasteiger partial charge is 0.341 e. The third kappa shape index (κ3) is 4.06. The first kappa shape index (κ1) is 21.8. The van der Waals surface area contributed by atoms with Gasteiger partial charge in [0, 0.05) is 19.1 Å². The summed E-state index contributed by atoms with van der Waals surface area (Å²) in [6.45, 7) is 2.30. The van der Waals surface area contributed by atoms with E-state index in [1.54, 1.807) is 30.0 Å². The van der Waals surface area contributed by atoms with Crippen LogP contribution in [-0.2, 0) is 19.6 Å². The van der Waals surface area contributed by atoms with Gasteiger partial charge < -0.3 is 10.2 Å². The van der Waals surface area contributed by atoms with Crippen molar-refractivity contribution in [3.63, 3.8) is 0 Å². The number of hydrogen-bond acceptors (Lipinski definition) is 5. The molecular formula is C21H28N4O5S. The molecule has 4 amide bonds. The number of urea groups is 1. The number of hydrogen-bond donors (Lipinski definition) is 2. The summed E-state index contributed by atoms with van der Waals surface area (Å²) in [5.74, 6) is -0.593. The van der Waals surface area contributed by atoms with Gasteiger partial charge in [0.05, 0.1) is 4.90 Å². The first-order valence-electron chi connectivity index (χ1n) is 10.8. The summed E-state index contributed by atoms with van der Waals surface area (Å²) in [5.41, 5.74) is -0.839. The van der Waals surface area contributed by atoms with E-state index in [-0.39, 0.29) is 22.8 Å². The number of benzene rings is 1. The second kappa shape index (κ2) is 8.23. The number of nitrogens with zero attached hydrogens (tertiary/aromatic N) is 2. The molecule has 1 spiro atoms. The lowest BCUT2D eigenvalue weighted by molar-refractivity contribution is -0.143. The Balaban J connectivity index is 1.35. The average Bonchev–Trinajstić information content (AvgIpc) is 3.32. The van der Waals surface area contributed by atoms with E-state index in [9.17, 15) is 22.8 Å². The van der Waals surface area contributed by atoms with Crippen molar-refractivity contribution in [2.24, 2.45) is 0 Å². The number of sulfonamides is 1. The summed E-state index contributed by atoms with van der Waals surface area (Å²) in [5, 5.41) is 2.81. The molecule has 168 valence electrons. The molecule has 2 N–H and O–H groups in total.